The Hall–Kier alpha value is -3.36. The molecule has 0 aliphatic heterocycles. The maximum atomic E-state index is 12.7. The SMILES string of the molecule is Cc1cccc(-c2nccc(Cc3ccnc(Cc4csc(C(=O)CCC5(CO)CCC5)c4)n3)n2)n1. The van der Waals surface area contributed by atoms with Crippen molar-refractivity contribution >= 4 is 17.1 Å². The van der Waals surface area contributed by atoms with Crippen LogP contribution in [0, 0.1) is 12.3 Å². The van der Waals surface area contributed by atoms with Crippen LogP contribution in [0.2, 0.25) is 0 Å². The number of ketones is 1. The van der Waals surface area contributed by atoms with Crippen LogP contribution in [-0.4, -0.2) is 42.4 Å². The van der Waals surface area contributed by atoms with Crippen LogP contribution in [0.5, 0.6) is 0 Å². The first kappa shape index (κ1) is 24.3. The van der Waals surface area contributed by atoms with Gasteiger partial charge in [0.1, 0.15) is 11.5 Å². The fourth-order valence-corrected chi connectivity index (χ4v) is 5.44. The number of aliphatic hydroxyl groups excluding tert-OH is 1. The van der Waals surface area contributed by atoms with E-state index in [-0.39, 0.29) is 17.8 Å². The van der Waals surface area contributed by atoms with Gasteiger partial charge in [0.05, 0.1) is 16.3 Å². The van der Waals surface area contributed by atoms with E-state index < -0.39 is 0 Å². The van der Waals surface area contributed by atoms with Crippen molar-refractivity contribution in [3.8, 4) is 11.5 Å². The standard InChI is InChI=1S/C28H29N5O2S/c1-19-4-2-5-23(31-19)27-30-13-8-22(33-27)16-21-7-12-29-26(32-21)15-20-14-25(36-17-20)24(35)6-11-28(18-34)9-3-10-28/h2,4-5,7-8,12-14,17,34H,3,6,9-11,15-16,18H2,1H3. The molecule has 0 unspecified atom stereocenters. The summed E-state index contributed by atoms with van der Waals surface area (Å²) in [5.41, 5.74) is 4.43. The Labute approximate surface area is 214 Å². The largest absolute Gasteiger partial charge is 0.396 e. The van der Waals surface area contributed by atoms with E-state index in [1.54, 1.807) is 12.4 Å². The first-order valence-corrected chi connectivity index (χ1v) is 13.2. The topological polar surface area (TPSA) is 102 Å². The van der Waals surface area contributed by atoms with Crippen LogP contribution in [0.4, 0.5) is 0 Å². The maximum absolute atomic E-state index is 12.7. The highest BCUT2D eigenvalue weighted by Crippen LogP contribution is 2.44. The lowest BCUT2D eigenvalue weighted by molar-refractivity contribution is 0.0338. The van der Waals surface area contributed by atoms with Gasteiger partial charge in [0.15, 0.2) is 11.6 Å². The molecule has 7 nitrogen and oxygen atoms in total. The van der Waals surface area contributed by atoms with Gasteiger partial charge in [0.25, 0.3) is 0 Å². The second kappa shape index (κ2) is 10.7. The molecule has 0 saturated heterocycles. The van der Waals surface area contributed by atoms with Crippen molar-refractivity contribution in [2.45, 2.75) is 51.9 Å². The van der Waals surface area contributed by atoms with Gasteiger partial charge in [0.2, 0.25) is 0 Å². The molecule has 1 N–H and O–H groups in total. The molecule has 4 aromatic heterocycles. The van der Waals surface area contributed by atoms with Crippen molar-refractivity contribution in [2.75, 3.05) is 6.61 Å². The second-order valence-corrected chi connectivity index (χ2v) is 10.5. The molecule has 0 atom stereocenters. The zero-order valence-corrected chi connectivity index (χ0v) is 21.2. The number of aromatic nitrogens is 5. The van der Waals surface area contributed by atoms with Crippen molar-refractivity contribution in [1.82, 2.24) is 24.9 Å². The summed E-state index contributed by atoms with van der Waals surface area (Å²) >= 11 is 1.48. The third-order valence-corrected chi connectivity index (χ3v) is 7.90. The maximum Gasteiger partial charge on any atom is 0.178 e. The molecule has 0 aromatic carbocycles. The average molecular weight is 500 g/mol. The van der Waals surface area contributed by atoms with Gasteiger partial charge in [-0.25, -0.2) is 24.9 Å². The summed E-state index contributed by atoms with van der Waals surface area (Å²) in [6.07, 6.45) is 9.13. The summed E-state index contributed by atoms with van der Waals surface area (Å²) < 4.78 is 0. The molecule has 1 saturated carbocycles. The predicted octanol–water partition coefficient (Wildman–Crippen LogP) is 5.01. The molecule has 36 heavy (non-hydrogen) atoms. The van der Waals surface area contributed by atoms with E-state index in [4.69, 9.17) is 4.98 Å². The molecular formula is C28H29N5O2S. The fraction of sp³-hybridized carbons (Fsp3) is 0.357. The van der Waals surface area contributed by atoms with Crippen LogP contribution >= 0.6 is 11.3 Å². The zero-order chi connectivity index (χ0) is 25.0. The summed E-state index contributed by atoms with van der Waals surface area (Å²) in [6.45, 7) is 2.13. The molecule has 8 heteroatoms. The first-order valence-electron chi connectivity index (χ1n) is 12.3. The van der Waals surface area contributed by atoms with E-state index in [2.05, 4.69) is 19.9 Å². The van der Waals surface area contributed by atoms with Gasteiger partial charge >= 0.3 is 0 Å². The van der Waals surface area contributed by atoms with Crippen molar-refractivity contribution in [3.63, 3.8) is 0 Å². The van der Waals surface area contributed by atoms with Gasteiger partial charge in [-0.15, -0.1) is 11.3 Å². The number of pyridine rings is 1. The van der Waals surface area contributed by atoms with Gasteiger partial charge in [-0.05, 0) is 72.9 Å². The highest BCUT2D eigenvalue weighted by atomic mass is 32.1. The number of aryl methyl sites for hydroxylation is 1. The number of hydrogen-bond acceptors (Lipinski definition) is 8. The number of thiophene rings is 1. The number of nitrogens with zero attached hydrogens (tertiary/aromatic N) is 5. The van der Waals surface area contributed by atoms with Crippen LogP contribution in [0.1, 0.15) is 70.2 Å². The number of carbonyl (C=O) groups is 1. The van der Waals surface area contributed by atoms with Crippen LogP contribution in [-0.2, 0) is 12.8 Å². The molecule has 0 radical (unpaired) electrons. The Bertz CT molecular complexity index is 1360. The van der Waals surface area contributed by atoms with E-state index in [0.717, 1.165) is 58.9 Å². The first-order chi connectivity index (χ1) is 17.5. The third kappa shape index (κ3) is 5.71. The highest BCUT2D eigenvalue weighted by Gasteiger charge is 2.36. The van der Waals surface area contributed by atoms with Crippen LogP contribution in [0.25, 0.3) is 11.5 Å². The van der Waals surface area contributed by atoms with Crippen LogP contribution in [0.15, 0.2) is 54.2 Å². The molecule has 0 spiro atoms. The summed E-state index contributed by atoms with van der Waals surface area (Å²) in [7, 11) is 0. The Morgan fingerprint density at radius 3 is 2.58 bits per heavy atom. The van der Waals surface area contributed by atoms with Gasteiger partial charge in [0, 0.05) is 44.0 Å². The Morgan fingerprint density at radius 1 is 1.03 bits per heavy atom. The van der Waals surface area contributed by atoms with Crippen molar-refractivity contribution < 1.29 is 9.90 Å². The molecule has 1 fully saturated rings. The number of Topliss-reactive ketones (excluding diaryl/α,β-unsaturated/α-hetero) is 1. The Balaban J connectivity index is 1.22. The summed E-state index contributed by atoms with van der Waals surface area (Å²) in [4.78, 5) is 36.2. The molecular weight excluding hydrogens is 470 g/mol. The van der Waals surface area contributed by atoms with Crippen LogP contribution in [0.3, 0.4) is 0 Å². The van der Waals surface area contributed by atoms with Gasteiger partial charge in [-0.1, -0.05) is 12.5 Å². The van der Waals surface area contributed by atoms with Gasteiger partial charge in [-0.3, -0.25) is 4.79 Å². The van der Waals surface area contributed by atoms with Crippen molar-refractivity contribution in [2.24, 2.45) is 5.41 Å². The van der Waals surface area contributed by atoms with E-state index in [0.29, 0.717) is 30.9 Å². The molecule has 1 aliphatic carbocycles. The zero-order valence-electron chi connectivity index (χ0n) is 20.4. The minimum absolute atomic E-state index is 0.0228. The molecule has 0 bridgehead atoms. The Kier molecular flexibility index (Phi) is 7.25. The number of carbonyl (C=O) groups excluding carboxylic acids is 1. The minimum Gasteiger partial charge on any atom is -0.396 e. The summed E-state index contributed by atoms with van der Waals surface area (Å²) in [5, 5.41) is 11.7. The molecule has 5 rings (SSSR count). The third-order valence-electron chi connectivity index (χ3n) is 6.88. The van der Waals surface area contributed by atoms with Crippen molar-refractivity contribution in [3.05, 3.63) is 87.5 Å². The average Bonchev–Trinajstić information content (AvgIpc) is 3.32. The van der Waals surface area contributed by atoms with E-state index in [1.807, 2.05) is 48.7 Å². The van der Waals surface area contributed by atoms with Crippen LogP contribution < -0.4 is 0 Å². The number of hydrogen-bond donors (Lipinski definition) is 1. The molecule has 4 aromatic rings. The highest BCUT2D eigenvalue weighted by molar-refractivity contribution is 7.12. The minimum atomic E-state index is -0.0228. The number of aliphatic hydroxyl groups is 1. The summed E-state index contributed by atoms with van der Waals surface area (Å²) in [6, 6.07) is 11.6. The Morgan fingerprint density at radius 2 is 1.83 bits per heavy atom. The van der Waals surface area contributed by atoms with Gasteiger partial charge < -0.3 is 5.11 Å². The lowest BCUT2D eigenvalue weighted by Gasteiger charge is -2.40. The van der Waals surface area contributed by atoms with Crippen molar-refractivity contribution in [1.29, 1.82) is 0 Å². The lowest BCUT2D eigenvalue weighted by atomic mass is 9.66. The normalized spacial score (nSPS) is 14.4. The van der Waals surface area contributed by atoms with E-state index >= 15 is 0 Å². The quantitative estimate of drug-likeness (QED) is 0.306. The fourth-order valence-electron chi connectivity index (χ4n) is 4.56. The molecule has 0 amide bonds. The lowest BCUT2D eigenvalue weighted by Crippen LogP contribution is -2.33. The summed E-state index contributed by atoms with van der Waals surface area (Å²) in [5.74, 6) is 1.47. The second-order valence-electron chi connectivity index (χ2n) is 9.61. The molecule has 184 valence electrons. The van der Waals surface area contributed by atoms with E-state index in [9.17, 15) is 9.90 Å². The molecule has 4 heterocycles. The molecule has 1 aliphatic rings. The smallest absolute Gasteiger partial charge is 0.178 e. The predicted molar refractivity (Wildman–Crippen MR) is 139 cm³/mol. The van der Waals surface area contributed by atoms with Gasteiger partial charge in [-0.2, -0.15) is 0 Å². The van der Waals surface area contributed by atoms with E-state index in [1.165, 1.54) is 11.3 Å². The number of rotatable bonds is 10. The monoisotopic (exact) mass is 499 g/mol.